The molecule has 0 radical (unpaired) electrons. The Morgan fingerprint density at radius 3 is 1.82 bits per heavy atom. The van der Waals surface area contributed by atoms with E-state index in [-0.39, 0.29) is 0 Å². The summed E-state index contributed by atoms with van der Waals surface area (Å²) in [5.41, 5.74) is 0. The Morgan fingerprint density at radius 2 is 1.82 bits per heavy atom. The minimum Gasteiger partial charge on any atom is -0.496 e. The SMILES string of the molecule is C=C/C(OC)=C(\C)Cl.C=CC. The van der Waals surface area contributed by atoms with Crippen LogP contribution in [0.25, 0.3) is 0 Å². The molecular formula is C9H15ClO. The number of methoxy groups -OCH3 is 1. The average molecular weight is 175 g/mol. The van der Waals surface area contributed by atoms with Crippen LogP contribution in [0.1, 0.15) is 13.8 Å². The number of rotatable bonds is 2. The molecule has 1 nitrogen and oxygen atoms in total. The summed E-state index contributed by atoms with van der Waals surface area (Å²) in [6.45, 7) is 10.5. The van der Waals surface area contributed by atoms with E-state index in [4.69, 9.17) is 16.3 Å². The zero-order valence-electron chi connectivity index (χ0n) is 7.36. The van der Waals surface area contributed by atoms with Crippen LogP contribution in [-0.2, 0) is 4.74 Å². The van der Waals surface area contributed by atoms with E-state index in [1.165, 1.54) is 0 Å². The zero-order chi connectivity index (χ0) is 9.28. The van der Waals surface area contributed by atoms with Crippen LogP contribution >= 0.6 is 11.6 Å². The van der Waals surface area contributed by atoms with E-state index in [9.17, 15) is 0 Å². The Kier molecular flexibility index (Phi) is 11.0. The van der Waals surface area contributed by atoms with Gasteiger partial charge in [-0.05, 0) is 19.9 Å². The van der Waals surface area contributed by atoms with Crippen LogP contribution in [0.4, 0.5) is 0 Å². The molecular weight excluding hydrogens is 160 g/mol. The van der Waals surface area contributed by atoms with Crippen molar-refractivity contribution in [2.24, 2.45) is 0 Å². The Bertz CT molecular complexity index is 144. The highest BCUT2D eigenvalue weighted by Gasteiger charge is 1.90. The molecule has 0 aliphatic heterocycles. The molecule has 11 heavy (non-hydrogen) atoms. The monoisotopic (exact) mass is 174 g/mol. The summed E-state index contributed by atoms with van der Waals surface area (Å²) in [7, 11) is 1.56. The van der Waals surface area contributed by atoms with E-state index in [1.54, 1.807) is 26.2 Å². The van der Waals surface area contributed by atoms with Gasteiger partial charge in [0.05, 0.1) is 12.1 Å². The summed E-state index contributed by atoms with van der Waals surface area (Å²) in [5, 5.41) is 0.627. The lowest BCUT2D eigenvalue weighted by molar-refractivity contribution is 0.305. The molecule has 64 valence electrons. The van der Waals surface area contributed by atoms with Gasteiger partial charge in [-0.2, -0.15) is 0 Å². The van der Waals surface area contributed by atoms with Gasteiger partial charge in [0, 0.05) is 0 Å². The lowest BCUT2D eigenvalue weighted by Crippen LogP contribution is -1.81. The largest absolute Gasteiger partial charge is 0.496 e. The normalized spacial score (nSPS) is 10.2. The van der Waals surface area contributed by atoms with Crippen molar-refractivity contribution in [3.63, 3.8) is 0 Å². The topological polar surface area (TPSA) is 9.23 Å². The predicted octanol–water partition coefficient (Wildman–Crippen LogP) is 3.48. The number of hydrogen-bond donors (Lipinski definition) is 0. The number of ether oxygens (including phenoxy) is 1. The van der Waals surface area contributed by atoms with Gasteiger partial charge in [-0.3, -0.25) is 0 Å². The average Bonchev–Trinajstić information content (AvgIpc) is 1.91. The molecule has 0 aromatic carbocycles. The fourth-order valence-corrected chi connectivity index (χ4v) is 0.519. The van der Waals surface area contributed by atoms with Gasteiger partial charge < -0.3 is 4.74 Å². The smallest absolute Gasteiger partial charge is 0.132 e. The van der Waals surface area contributed by atoms with E-state index in [0.29, 0.717) is 10.8 Å². The second kappa shape index (κ2) is 9.31. The minimum absolute atomic E-state index is 0.627. The van der Waals surface area contributed by atoms with E-state index in [2.05, 4.69) is 13.2 Å². The van der Waals surface area contributed by atoms with E-state index >= 15 is 0 Å². The summed E-state index contributed by atoms with van der Waals surface area (Å²) in [6, 6.07) is 0. The van der Waals surface area contributed by atoms with Crippen molar-refractivity contribution in [1.82, 2.24) is 0 Å². The zero-order valence-corrected chi connectivity index (χ0v) is 8.11. The number of halogens is 1. The molecule has 0 atom stereocenters. The third-order valence-corrected chi connectivity index (χ3v) is 0.931. The van der Waals surface area contributed by atoms with Gasteiger partial charge in [0.15, 0.2) is 0 Å². The molecule has 0 aliphatic carbocycles. The summed E-state index contributed by atoms with van der Waals surface area (Å²) in [6.07, 6.45) is 3.32. The van der Waals surface area contributed by atoms with Crippen LogP contribution < -0.4 is 0 Å². The van der Waals surface area contributed by atoms with Crippen molar-refractivity contribution in [1.29, 1.82) is 0 Å². The standard InChI is InChI=1S/C6H9ClO.C3H6/c1-4-6(8-3)5(2)7;1-3-2/h4H,1H2,2-3H3;3H,1H2,2H3/b6-5-;. The van der Waals surface area contributed by atoms with E-state index in [1.807, 2.05) is 6.92 Å². The third-order valence-electron chi connectivity index (χ3n) is 0.745. The van der Waals surface area contributed by atoms with Crippen LogP contribution in [-0.4, -0.2) is 7.11 Å². The molecule has 0 unspecified atom stereocenters. The Labute approximate surface area is 74.0 Å². The maximum absolute atomic E-state index is 5.53. The second-order valence-electron chi connectivity index (χ2n) is 1.71. The highest BCUT2D eigenvalue weighted by Crippen LogP contribution is 2.08. The van der Waals surface area contributed by atoms with Gasteiger partial charge in [-0.15, -0.1) is 6.58 Å². The first-order chi connectivity index (χ1) is 5.13. The molecule has 0 bridgehead atoms. The molecule has 0 fully saturated rings. The highest BCUT2D eigenvalue weighted by atomic mass is 35.5. The van der Waals surface area contributed by atoms with Crippen molar-refractivity contribution in [3.05, 3.63) is 36.1 Å². The van der Waals surface area contributed by atoms with E-state index in [0.717, 1.165) is 0 Å². The van der Waals surface area contributed by atoms with Gasteiger partial charge in [0.2, 0.25) is 0 Å². The highest BCUT2D eigenvalue weighted by molar-refractivity contribution is 6.29. The number of allylic oxidation sites excluding steroid dienone is 3. The Morgan fingerprint density at radius 1 is 1.45 bits per heavy atom. The molecule has 0 aromatic rings. The summed E-state index contributed by atoms with van der Waals surface area (Å²) in [4.78, 5) is 0. The van der Waals surface area contributed by atoms with Crippen LogP contribution in [0.5, 0.6) is 0 Å². The lowest BCUT2D eigenvalue weighted by Gasteiger charge is -1.97. The minimum atomic E-state index is 0.627. The van der Waals surface area contributed by atoms with Gasteiger partial charge in [0.25, 0.3) is 0 Å². The Balaban J connectivity index is 0. The van der Waals surface area contributed by atoms with Crippen molar-refractivity contribution >= 4 is 11.6 Å². The molecule has 2 heteroatoms. The lowest BCUT2D eigenvalue weighted by atomic mass is 10.4. The van der Waals surface area contributed by atoms with Crippen LogP contribution in [0.2, 0.25) is 0 Å². The first kappa shape index (κ1) is 12.9. The molecule has 0 spiro atoms. The fourth-order valence-electron chi connectivity index (χ4n) is 0.365. The van der Waals surface area contributed by atoms with Crippen LogP contribution in [0, 0.1) is 0 Å². The van der Waals surface area contributed by atoms with Crippen molar-refractivity contribution in [3.8, 4) is 0 Å². The first-order valence-corrected chi connectivity index (χ1v) is 3.61. The third kappa shape index (κ3) is 9.31. The fraction of sp³-hybridized carbons (Fsp3) is 0.333. The number of hydrogen-bond acceptors (Lipinski definition) is 1. The quantitative estimate of drug-likeness (QED) is 0.354. The van der Waals surface area contributed by atoms with Crippen molar-refractivity contribution in [2.45, 2.75) is 13.8 Å². The van der Waals surface area contributed by atoms with Crippen molar-refractivity contribution in [2.75, 3.05) is 7.11 Å². The van der Waals surface area contributed by atoms with Gasteiger partial charge in [-0.1, -0.05) is 24.3 Å². The van der Waals surface area contributed by atoms with Gasteiger partial charge >= 0.3 is 0 Å². The van der Waals surface area contributed by atoms with Gasteiger partial charge in [0.1, 0.15) is 5.76 Å². The van der Waals surface area contributed by atoms with Crippen LogP contribution in [0.15, 0.2) is 36.1 Å². The molecule has 0 amide bonds. The maximum atomic E-state index is 5.53. The summed E-state index contributed by atoms with van der Waals surface area (Å²) >= 11 is 5.53. The molecule has 0 rings (SSSR count). The molecule has 0 heterocycles. The molecule has 0 saturated carbocycles. The molecule has 0 N–H and O–H groups in total. The first-order valence-electron chi connectivity index (χ1n) is 3.23. The summed E-state index contributed by atoms with van der Waals surface area (Å²) in [5.74, 6) is 0.631. The molecule has 0 aliphatic rings. The van der Waals surface area contributed by atoms with Crippen LogP contribution in [0.3, 0.4) is 0 Å². The molecule has 0 aromatic heterocycles. The van der Waals surface area contributed by atoms with E-state index < -0.39 is 0 Å². The molecule has 0 saturated heterocycles. The predicted molar refractivity (Wildman–Crippen MR) is 51.6 cm³/mol. The maximum Gasteiger partial charge on any atom is 0.132 e. The van der Waals surface area contributed by atoms with Crippen molar-refractivity contribution < 1.29 is 4.74 Å². The Hall–Kier alpha value is -0.690. The van der Waals surface area contributed by atoms with Gasteiger partial charge in [-0.25, -0.2) is 0 Å². The summed E-state index contributed by atoms with van der Waals surface area (Å²) < 4.78 is 4.79. The second-order valence-corrected chi connectivity index (χ2v) is 2.28.